The highest BCUT2D eigenvalue weighted by Gasteiger charge is 2.32. The predicted octanol–water partition coefficient (Wildman–Crippen LogP) is 2.11. The number of nitrogens with zero attached hydrogens (tertiary/aromatic N) is 1. The Kier molecular flexibility index (Phi) is 3.99. The van der Waals surface area contributed by atoms with Crippen LogP contribution in [0.1, 0.15) is 5.56 Å². The summed E-state index contributed by atoms with van der Waals surface area (Å²) in [6, 6.07) is 3.41. The standard InChI is InChI=1S/C13H11F3N2O3/c14-13(15,16)9-3-1-2-8-7(9)4-5-17-11(8)18-10(6-19)12(20)21/h1-5,10,19H,6H2,(H,17,18)(H,20,21). The number of carboxylic acids is 1. The molecule has 0 fully saturated rings. The summed E-state index contributed by atoms with van der Waals surface area (Å²) in [5.74, 6) is -1.36. The van der Waals surface area contributed by atoms with Crippen molar-refractivity contribution in [1.82, 2.24) is 4.98 Å². The van der Waals surface area contributed by atoms with E-state index in [4.69, 9.17) is 10.2 Å². The molecule has 1 aromatic heterocycles. The number of benzene rings is 1. The third kappa shape index (κ3) is 3.05. The van der Waals surface area contributed by atoms with Crippen LogP contribution >= 0.6 is 0 Å². The topological polar surface area (TPSA) is 82.5 Å². The van der Waals surface area contributed by atoms with Gasteiger partial charge in [0.25, 0.3) is 0 Å². The summed E-state index contributed by atoms with van der Waals surface area (Å²) >= 11 is 0. The van der Waals surface area contributed by atoms with Crippen molar-refractivity contribution in [2.75, 3.05) is 11.9 Å². The molecule has 0 bridgehead atoms. The molecule has 0 saturated heterocycles. The fraction of sp³-hybridized carbons (Fsp3) is 0.231. The van der Waals surface area contributed by atoms with Gasteiger partial charge in [-0.25, -0.2) is 9.78 Å². The number of aliphatic hydroxyl groups excluding tert-OH is 1. The predicted molar refractivity (Wildman–Crippen MR) is 68.9 cm³/mol. The molecule has 21 heavy (non-hydrogen) atoms. The molecule has 1 unspecified atom stereocenters. The molecule has 2 rings (SSSR count). The average molecular weight is 300 g/mol. The Hall–Kier alpha value is -2.35. The van der Waals surface area contributed by atoms with Gasteiger partial charge in [-0.05, 0) is 17.5 Å². The molecule has 0 radical (unpaired) electrons. The van der Waals surface area contributed by atoms with Gasteiger partial charge in [0, 0.05) is 11.6 Å². The van der Waals surface area contributed by atoms with E-state index in [0.29, 0.717) is 0 Å². The molecule has 1 atom stereocenters. The Bertz CT molecular complexity index is 673. The van der Waals surface area contributed by atoms with Crippen LogP contribution in [-0.4, -0.2) is 33.8 Å². The van der Waals surface area contributed by atoms with E-state index < -0.39 is 30.4 Å². The van der Waals surface area contributed by atoms with E-state index in [1.807, 2.05) is 0 Å². The van der Waals surface area contributed by atoms with Crippen molar-refractivity contribution < 1.29 is 28.2 Å². The lowest BCUT2D eigenvalue weighted by Crippen LogP contribution is -2.33. The van der Waals surface area contributed by atoms with Gasteiger partial charge in [-0.15, -0.1) is 0 Å². The van der Waals surface area contributed by atoms with Gasteiger partial charge in [-0.3, -0.25) is 0 Å². The number of carbonyl (C=O) groups is 1. The van der Waals surface area contributed by atoms with Crippen LogP contribution in [0.2, 0.25) is 0 Å². The highest BCUT2D eigenvalue weighted by Crippen LogP contribution is 2.36. The smallest absolute Gasteiger partial charge is 0.417 e. The maximum Gasteiger partial charge on any atom is 0.417 e. The van der Waals surface area contributed by atoms with E-state index >= 15 is 0 Å². The van der Waals surface area contributed by atoms with Crippen molar-refractivity contribution >= 4 is 22.6 Å². The van der Waals surface area contributed by atoms with Crippen LogP contribution in [0.3, 0.4) is 0 Å². The normalized spacial score (nSPS) is 13.1. The first-order valence-corrected chi connectivity index (χ1v) is 5.89. The summed E-state index contributed by atoms with van der Waals surface area (Å²) in [5.41, 5.74) is -0.832. The second-order valence-corrected chi connectivity index (χ2v) is 4.28. The van der Waals surface area contributed by atoms with Gasteiger partial charge in [0.05, 0.1) is 12.2 Å². The molecule has 5 nitrogen and oxygen atoms in total. The molecule has 112 valence electrons. The molecule has 3 N–H and O–H groups in total. The molecule has 0 amide bonds. The summed E-state index contributed by atoms with van der Waals surface area (Å²) in [6.07, 6.45) is -3.38. The number of aliphatic hydroxyl groups is 1. The van der Waals surface area contributed by atoms with Gasteiger partial charge in [0.15, 0.2) is 0 Å². The summed E-state index contributed by atoms with van der Waals surface area (Å²) < 4.78 is 38.8. The van der Waals surface area contributed by atoms with Crippen LogP contribution in [0, 0.1) is 0 Å². The molecule has 8 heteroatoms. The monoisotopic (exact) mass is 300 g/mol. The van der Waals surface area contributed by atoms with E-state index in [1.54, 1.807) is 0 Å². The molecule has 0 saturated carbocycles. The lowest BCUT2D eigenvalue weighted by Gasteiger charge is -2.16. The van der Waals surface area contributed by atoms with Gasteiger partial charge in [0.2, 0.25) is 0 Å². The number of carboxylic acid groups (broad SMARTS) is 1. The fourth-order valence-corrected chi connectivity index (χ4v) is 1.92. The maximum atomic E-state index is 12.9. The number of nitrogens with one attached hydrogen (secondary N) is 1. The number of aromatic nitrogens is 1. The minimum Gasteiger partial charge on any atom is -0.480 e. The zero-order chi connectivity index (χ0) is 15.6. The molecule has 2 aromatic rings. The van der Waals surface area contributed by atoms with Crippen molar-refractivity contribution in [3.8, 4) is 0 Å². The molecule has 0 aliphatic carbocycles. The molecule has 0 aliphatic rings. The van der Waals surface area contributed by atoms with Crippen LogP contribution in [-0.2, 0) is 11.0 Å². The van der Waals surface area contributed by atoms with Gasteiger partial charge < -0.3 is 15.5 Å². The number of fused-ring (bicyclic) bond motifs is 1. The van der Waals surface area contributed by atoms with Crippen molar-refractivity contribution in [3.05, 3.63) is 36.0 Å². The lowest BCUT2D eigenvalue weighted by atomic mass is 10.1. The largest absolute Gasteiger partial charge is 0.480 e. The summed E-state index contributed by atoms with van der Waals surface area (Å²) in [6.45, 7) is -0.716. The third-order valence-electron chi connectivity index (χ3n) is 2.90. The molecular weight excluding hydrogens is 289 g/mol. The summed E-state index contributed by atoms with van der Waals surface area (Å²) in [5, 5.41) is 20.3. The van der Waals surface area contributed by atoms with Crippen LogP contribution in [0.15, 0.2) is 30.5 Å². The van der Waals surface area contributed by atoms with Gasteiger partial charge in [-0.2, -0.15) is 13.2 Å². The van der Waals surface area contributed by atoms with Crippen molar-refractivity contribution in [3.63, 3.8) is 0 Å². The Labute approximate surface area is 117 Å². The molecule has 1 heterocycles. The Morgan fingerprint density at radius 3 is 2.57 bits per heavy atom. The zero-order valence-electron chi connectivity index (χ0n) is 10.6. The number of aliphatic carboxylic acids is 1. The second kappa shape index (κ2) is 5.57. The van der Waals surface area contributed by atoms with Crippen molar-refractivity contribution in [1.29, 1.82) is 0 Å². The first kappa shape index (κ1) is 15.0. The SMILES string of the molecule is O=C(O)C(CO)Nc1nccc2c(C(F)(F)F)cccc12. The Morgan fingerprint density at radius 2 is 2.00 bits per heavy atom. The molecular formula is C13H11F3N2O3. The molecule has 0 spiro atoms. The zero-order valence-corrected chi connectivity index (χ0v) is 10.6. The van der Waals surface area contributed by atoms with E-state index in [2.05, 4.69) is 10.3 Å². The van der Waals surface area contributed by atoms with Crippen LogP contribution in [0.5, 0.6) is 0 Å². The fourth-order valence-electron chi connectivity index (χ4n) is 1.92. The van der Waals surface area contributed by atoms with Crippen LogP contribution in [0.4, 0.5) is 19.0 Å². The Morgan fingerprint density at radius 1 is 1.29 bits per heavy atom. The molecule has 0 aliphatic heterocycles. The lowest BCUT2D eigenvalue weighted by molar-refractivity contribution is -0.139. The quantitative estimate of drug-likeness (QED) is 0.805. The summed E-state index contributed by atoms with van der Waals surface area (Å²) in [4.78, 5) is 14.7. The van der Waals surface area contributed by atoms with E-state index in [-0.39, 0.29) is 16.6 Å². The minimum atomic E-state index is -4.53. The number of pyridine rings is 1. The first-order valence-electron chi connectivity index (χ1n) is 5.89. The number of anilines is 1. The maximum absolute atomic E-state index is 12.9. The van der Waals surface area contributed by atoms with Crippen molar-refractivity contribution in [2.45, 2.75) is 12.2 Å². The van der Waals surface area contributed by atoms with Gasteiger partial charge in [-0.1, -0.05) is 12.1 Å². The van der Waals surface area contributed by atoms with Gasteiger partial charge in [0.1, 0.15) is 11.9 Å². The molecule has 1 aromatic carbocycles. The highest BCUT2D eigenvalue weighted by molar-refractivity contribution is 5.95. The third-order valence-corrected chi connectivity index (χ3v) is 2.90. The number of hydrogen-bond acceptors (Lipinski definition) is 4. The Balaban J connectivity index is 2.55. The highest BCUT2D eigenvalue weighted by atomic mass is 19.4. The number of alkyl halides is 3. The average Bonchev–Trinajstić information content (AvgIpc) is 2.42. The van der Waals surface area contributed by atoms with E-state index in [0.717, 1.165) is 12.3 Å². The first-order chi connectivity index (χ1) is 9.84. The minimum absolute atomic E-state index is 0.0277. The van der Waals surface area contributed by atoms with E-state index in [9.17, 15) is 18.0 Å². The summed E-state index contributed by atoms with van der Waals surface area (Å²) in [7, 11) is 0. The second-order valence-electron chi connectivity index (χ2n) is 4.28. The number of hydrogen-bond donors (Lipinski definition) is 3. The van der Waals surface area contributed by atoms with Crippen LogP contribution < -0.4 is 5.32 Å². The number of halogens is 3. The van der Waals surface area contributed by atoms with Crippen LogP contribution in [0.25, 0.3) is 10.8 Å². The van der Waals surface area contributed by atoms with Crippen molar-refractivity contribution in [2.24, 2.45) is 0 Å². The number of rotatable bonds is 4. The van der Waals surface area contributed by atoms with E-state index in [1.165, 1.54) is 18.2 Å². The van der Waals surface area contributed by atoms with Gasteiger partial charge >= 0.3 is 12.1 Å².